The van der Waals surface area contributed by atoms with Gasteiger partial charge in [-0.25, -0.2) is 4.98 Å². The molecule has 0 N–H and O–H groups in total. The van der Waals surface area contributed by atoms with Gasteiger partial charge in [0.25, 0.3) is 0 Å². The van der Waals surface area contributed by atoms with Crippen LogP contribution in [0.2, 0.25) is 0 Å². The standard InChI is InChI=1S/C13H15ClN2OS/c1-16(8-13-15-10(7-14)9-18-13)11-3-5-12(17-2)6-4-11/h3-6,9H,7-8H2,1-2H3. The van der Waals surface area contributed by atoms with E-state index in [1.54, 1.807) is 18.4 Å². The van der Waals surface area contributed by atoms with Crippen molar-refractivity contribution in [3.8, 4) is 5.75 Å². The number of hydrogen-bond donors (Lipinski definition) is 0. The summed E-state index contributed by atoms with van der Waals surface area (Å²) in [4.78, 5) is 6.60. The van der Waals surface area contributed by atoms with Crippen molar-refractivity contribution in [2.75, 3.05) is 19.1 Å². The molecule has 0 aliphatic carbocycles. The molecule has 0 aliphatic rings. The summed E-state index contributed by atoms with van der Waals surface area (Å²) in [5.74, 6) is 1.34. The number of methoxy groups -OCH3 is 1. The molecule has 1 aromatic heterocycles. The van der Waals surface area contributed by atoms with Gasteiger partial charge in [0.1, 0.15) is 10.8 Å². The molecule has 1 aromatic carbocycles. The van der Waals surface area contributed by atoms with E-state index in [4.69, 9.17) is 16.3 Å². The van der Waals surface area contributed by atoms with Gasteiger partial charge in [-0.15, -0.1) is 22.9 Å². The molecule has 0 bridgehead atoms. The number of nitrogens with zero attached hydrogens (tertiary/aromatic N) is 2. The number of thiazole rings is 1. The third-order valence-corrected chi connectivity index (χ3v) is 3.78. The van der Waals surface area contributed by atoms with Crippen LogP contribution in [0.3, 0.4) is 0 Å². The van der Waals surface area contributed by atoms with Crippen LogP contribution in [0.25, 0.3) is 0 Å². The van der Waals surface area contributed by atoms with Gasteiger partial charge in [0.05, 0.1) is 25.2 Å². The summed E-state index contributed by atoms with van der Waals surface area (Å²) >= 11 is 7.39. The summed E-state index contributed by atoms with van der Waals surface area (Å²) in [5.41, 5.74) is 2.08. The number of benzene rings is 1. The monoisotopic (exact) mass is 282 g/mol. The number of anilines is 1. The summed E-state index contributed by atoms with van der Waals surface area (Å²) in [6.07, 6.45) is 0. The van der Waals surface area contributed by atoms with Crippen molar-refractivity contribution < 1.29 is 4.74 Å². The lowest BCUT2D eigenvalue weighted by atomic mass is 10.3. The van der Waals surface area contributed by atoms with Gasteiger partial charge in [-0.2, -0.15) is 0 Å². The Balaban J connectivity index is 2.03. The molecule has 0 saturated carbocycles. The molecular weight excluding hydrogens is 268 g/mol. The van der Waals surface area contributed by atoms with E-state index in [1.165, 1.54) is 0 Å². The van der Waals surface area contributed by atoms with Crippen molar-refractivity contribution in [2.24, 2.45) is 0 Å². The molecule has 2 rings (SSSR count). The number of ether oxygens (including phenoxy) is 1. The van der Waals surface area contributed by atoms with Crippen LogP contribution < -0.4 is 9.64 Å². The van der Waals surface area contributed by atoms with Crippen molar-refractivity contribution in [1.82, 2.24) is 4.98 Å². The van der Waals surface area contributed by atoms with Crippen LogP contribution >= 0.6 is 22.9 Å². The van der Waals surface area contributed by atoms with Crippen molar-refractivity contribution in [3.63, 3.8) is 0 Å². The zero-order valence-electron chi connectivity index (χ0n) is 10.4. The molecule has 0 atom stereocenters. The highest BCUT2D eigenvalue weighted by Crippen LogP contribution is 2.21. The van der Waals surface area contributed by atoms with Gasteiger partial charge in [-0.1, -0.05) is 0 Å². The van der Waals surface area contributed by atoms with E-state index in [0.29, 0.717) is 5.88 Å². The van der Waals surface area contributed by atoms with Crippen LogP contribution in [-0.2, 0) is 12.4 Å². The highest BCUT2D eigenvalue weighted by atomic mass is 35.5. The topological polar surface area (TPSA) is 25.4 Å². The second-order valence-corrected chi connectivity index (χ2v) is 5.13. The Labute approximate surface area is 116 Å². The van der Waals surface area contributed by atoms with Gasteiger partial charge in [-0.05, 0) is 24.3 Å². The van der Waals surface area contributed by atoms with Crippen molar-refractivity contribution in [2.45, 2.75) is 12.4 Å². The molecule has 18 heavy (non-hydrogen) atoms. The zero-order chi connectivity index (χ0) is 13.0. The smallest absolute Gasteiger partial charge is 0.119 e. The molecular formula is C13H15ClN2OS. The first-order chi connectivity index (χ1) is 8.72. The first kappa shape index (κ1) is 13.2. The third-order valence-electron chi connectivity index (χ3n) is 2.62. The molecule has 2 aromatic rings. The first-order valence-corrected chi connectivity index (χ1v) is 6.99. The Morgan fingerprint density at radius 1 is 1.33 bits per heavy atom. The molecule has 0 spiro atoms. The lowest BCUT2D eigenvalue weighted by molar-refractivity contribution is 0.415. The number of aromatic nitrogens is 1. The Morgan fingerprint density at radius 2 is 2.06 bits per heavy atom. The molecule has 0 amide bonds. The molecule has 5 heteroatoms. The Hall–Kier alpha value is -1.26. The molecule has 3 nitrogen and oxygen atoms in total. The van der Waals surface area contributed by atoms with Crippen molar-refractivity contribution >= 4 is 28.6 Å². The van der Waals surface area contributed by atoms with E-state index in [9.17, 15) is 0 Å². The molecule has 1 heterocycles. The van der Waals surface area contributed by atoms with E-state index in [0.717, 1.165) is 28.7 Å². The van der Waals surface area contributed by atoms with Crippen LogP contribution in [0.5, 0.6) is 5.75 Å². The lowest BCUT2D eigenvalue weighted by Crippen LogP contribution is -2.16. The summed E-state index contributed by atoms with van der Waals surface area (Å²) in [6, 6.07) is 7.99. The van der Waals surface area contributed by atoms with Crippen LogP contribution in [0.4, 0.5) is 5.69 Å². The van der Waals surface area contributed by atoms with Gasteiger partial charge in [0, 0.05) is 18.1 Å². The van der Waals surface area contributed by atoms with Gasteiger partial charge in [-0.3, -0.25) is 0 Å². The molecule has 0 radical (unpaired) electrons. The average molecular weight is 283 g/mol. The third kappa shape index (κ3) is 3.15. The van der Waals surface area contributed by atoms with Crippen LogP contribution in [0, 0.1) is 0 Å². The van der Waals surface area contributed by atoms with E-state index in [1.807, 2.05) is 36.7 Å². The fourth-order valence-electron chi connectivity index (χ4n) is 1.61. The maximum atomic E-state index is 5.74. The average Bonchev–Trinajstić information content (AvgIpc) is 2.86. The normalized spacial score (nSPS) is 10.4. The molecule has 0 aliphatic heterocycles. The molecule has 0 fully saturated rings. The summed E-state index contributed by atoms with van der Waals surface area (Å²) in [6.45, 7) is 0.786. The lowest BCUT2D eigenvalue weighted by Gasteiger charge is -2.18. The number of alkyl halides is 1. The van der Waals surface area contributed by atoms with Crippen LogP contribution in [0.1, 0.15) is 10.7 Å². The number of rotatable bonds is 5. The summed E-state index contributed by atoms with van der Waals surface area (Å²) in [7, 11) is 3.71. The largest absolute Gasteiger partial charge is 0.497 e. The van der Waals surface area contributed by atoms with Gasteiger partial charge < -0.3 is 9.64 Å². The second kappa shape index (κ2) is 6.07. The van der Waals surface area contributed by atoms with Crippen LogP contribution in [0.15, 0.2) is 29.6 Å². The highest BCUT2D eigenvalue weighted by Gasteiger charge is 2.06. The van der Waals surface area contributed by atoms with Gasteiger partial charge in [0.2, 0.25) is 0 Å². The van der Waals surface area contributed by atoms with E-state index >= 15 is 0 Å². The number of hydrogen-bond acceptors (Lipinski definition) is 4. The Morgan fingerprint density at radius 3 is 2.61 bits per heavy atom. The van der Waals surface area contributed by atoms with Crippen LogP contribution in [-0.4, -0.2) is 19.1 Å². The quantitative estimate of drug-likeness (QED) is 0.785. The summed E-state index contributed by atoms with van der Waals surface area (Å²) in [5, 5.41) is 3.08. The number of halogens is 1. The molecule has 0 saturated heterocycles. The Bertz CT molecular complexity index is 498. The zero-order valence-corrected chi connectivity index (χ0v) is 12.0. The van der Waals surface area contributed by atoms with Gasteiger partial charge >= 0.3 is 0 Å². The van der Waals surface area contributed by atoms with E-state index in [-0.39, 0.29) is 0 Å². The Kier molecular flexibility index (Phi) is 4.44. The minimum Gasteiger partial charge on any atom is -0.497 e. The van der Waals surface area contributed by atoms with Crippen molar-refractivity contribution in [3.05, 3.63) is 40.3 Å². The van der Waals surface area contributed by atoms with E-state index < -0.39 is 0 Å². The fourth-order valence-corrected chi connectivity index (χ4v) is 2.69. The summed E-state index contributed by atoms with van der Waals surface area (Å²) < 4.78 is 5.14. The maximum Gasteiger partial charge on any atom is 0.119 e. The predicted octanol–water partition coefficient (Wildman–Crippen LogP) is 3.53. The second-order valence-electron chi connectivity index (χ2n) is 3.92. The minimum absolute atomic E-state index is 0.475. The molecule has 0 unspecified atom stereocenters. The highest BCUT2D eigenvalue weighted by molar-refractivity contribution is 7.09. The maximum absolute atomic E-state index is 5.74. The van der Waals surface area contributed by atoms with Crippen molar-refractivity contribution in [1.29, 1.82) is 0 Å². The molecule has 96 valence electrons. The van der Waals surface area contributed by atoms with Gasteiger partial charge in [0.15, 0.2) is 0 Å². The first-order valence-electron chi connectivity index (χ1n) is 5.57. The minimum atomic E-state index is 0.475. The van der Waals surface area contributed by atoms with E-state index in [2.05, 4.69) is 9.88 Å². The predicted molar refractivity (Wildman–Crippen MR) is 76.8 cm³/mol. The fraction of sp³-hybridized carbons (Fsp3) is 0.308. The SMILES string of the molecule is COc1ccc(N(C)Cc2nc(CCl)cs2)cc1.